The number of rotatable bonds is 17. The van der Waals surface area contributed by atoms with E-state index in [9.17, 15) is 28.8 Å². The van der Waals surface area contributed by atoms with Gasteiger partial charge in [0.2, 0.25) is 23.6 Å². The molecule has 17 heteroatoms. The first-order valence-corrected chi connectivity index (χ1v) is 11.0. The van der Waals surface area contributed by atoms with E-state index < -0.39 is 66.2 Å². The zero-order chi connectivity index (χ0) is 27.1. The van der Waals surface area contributed by atoms with Crippen LogP contribution < -0.4 is 38.9 Å². The SMILES string of the molecule is NC(=O)CC(NC(=O)C(CS)NC(=O)C(CCCN=C(N)N)NC(=O)C(N)CCC(=O)O)C(=O)O. The van der Waals surface area contributed by atoms with Gasteiger partial charge in [0.15, 0.2) is 5.96 Å². The maximum absolute atomic E-state index is 12.8. The second-order valence-electron chi connectivity index (χ2n) is 7.36. The van der Waals surface area contributed by atoms with Crippen LogP contribution in [0.25, 0.3) is 0 Å². The molecule has 35 heavy (non-hydrogen) atoms. The molecule has 198 valence electrons. The number of thiol groups is 1. The Morgan fingerprint density at radius 2 is 1.37 bits per heavy atom. The van der Waals surface area contributed by atoms with E-state index in [1.54, 1.807) is 0 Å². The summed E-state index contributed by atoms with van der Waals surface area (Å²) in [6.45, 7) is 0.122. The summed E-state index contributed by atoms with van der Waals surface area (Å²) < 4.78 is 0. The zero-order valence-electron chi connectivity index (χ0n) is 18.8. The first kappa shape index (κ1) is 31.4. The third-order valence-corrected chi connectivity index (χ3v) is 4.78. The largest absolute Gasteiger partial charge is 0.481 e. The van der Waals surface area contributed by atoms with E-state index in [0.29, 0.717) is 0 Å². The van der Waals surface area contributed by atoms with Crippen molar-refractivity contribution in [1.29, 1.82) is 0 Å². The number of hydrogen-bond donors (Lipinski definition) is 10. The second kappa shape index (κ2) is 16.1. The molecule has 0 aliphatic heterocycles. The van der Waals surface area contributed by atoms with Gasteiger partial charge in [-0.1, -0.05) is 0 Å². The van der Waals surface area contributed by atoms with E-state index in [2.05, 4.69) is 33.6 Å². The maximum Gasteiger partial charge on any atom is 0.326 e. The van der Waals surface area contributed by atoms with Crippen molar-refractivity contribution in [1.82, 2.24) is 16.0 Å². The summed E-state index contributed by atoms with van der Waals surface area (Å²) >= 11 is 3.98. The lowest BCUT2D eigenvalue weighted by molar-refractivity contribution is -0.143. The van der Waals surface area contributed by atoms with Crippen molar-refractivity contribution in [2.45, 2.75) is 56.3 Å². The number of carbonyl (C=O) groups is 6. The summed E-state index contributed by atoms with van der Waals surface area (Å²) in [5, 5.41) is 24.7. The van der Waals surface area contributed by atoms with Crippen LogP contribution in [0.15, 0.2) is 4.99 Å². The average molecular weight is 521 g/mol. The summed E-state index contributed by atoms with van der Waals surface area (Å²) in [7, 11) is 0. The number of nitrogens with zero attached hydrogens (tertiary/aromatic N) is 1. The highest BCUT2D eigenvalue weighted by Gasteiger charge is 2.30. The van der Waals surface area contributed by atoms with Crippen LogP contribution in [0.5, 0.6) is 0 Å². The molecule has 0 radical (unpaired) electrons. The highest BCUT2D eigenvalue weighted by molar-refractivity contribution is 7.80. The Hall–Kier alpha value is -3.60. The average Bonchev–Trinajstić information content (AvgIpc) is 2.76. The minimum Gasteiger partial charge on any atom is -0.481 e. The topological polar surface area (TPSA) is 295 Å². The summed E-state index contributed by atoms with van der Waals surface area (Å²) in [5.74, 6) is -6.65. The molecule has 13 N–H and O–H groups in total. The molecule has 16 nitrogen and oxygen atoms in total. The molecule has 0 spiro atoms. The highest BCUT2D eigenvalue weighted by Crippen LogP contribution is 2.04. The van der Waals surface area contributed by atoms with Gasteiger partial charge in [0.1, 0.15) is 18.1 Å². The summed E-state index contributed by atoms with van der Waals surface area (Å²) in [5.41, 5.74) is 21.1. The molecule has 0 aliphatic carbocycles. The Morgan fingerprint density at radius 3 is 1.86 bits per heavy atom. The molecule has 0 bridgehead atoms. The molecule has 0 saturated carbocycles. The molecule has 4 atom stereocenters. The first-order valence-electron chi connectivity index (χ1n) is 10.3. The van der Waals surface area contributed by atoms with Gasteiger partial charge < -0.3 is 49.1 Å². The van der Waals surface area contributed by atoms with Gasteiger partial charge in [-0.25, -0.2) is 4.79 Å². The molecule has 0 saturated heterocycles. The molecule has 0 aromatic carbocycles. The van der Waals surface area contributed by atoms with Crippen molar-refractivity contribution in [3.8, 4) is 0 Å². The second-order valence-corrected chi connectivity index (χ2v) is 7.73. The summed E-state index contributed by atoms with van der Waals surface area (Å²) in [4.78, 5) is 74.3. The van der Waals surface area contributed by atoms with Crippen molar-refractivity contribution in [3.63, 3.8) is 0 Å². The van der Waals surface area contributed by atoms with Crippen molar-refractivity contribution in [3.05, 3.63) is 0 Å². The van der Waals surface area contributed by atoms with Crippen LogP contribution in [-0.4, -0.2) is 88.2 Å². The predicted molar refractivity (Wildman–Crippen MR) is 126 cm³/mol. The minimum absolute atomic E-state index is 0.0142. The van der Waals surface area contributed by atoms with Gasteiger partial charge in [-0.05, 0) is 19.3 Å². The molecule has 0 aromatic rings. The lowest BCUT2D eigenvalue weighted by atomic mass is 10.1. The molecular formula is C18H32N8O8S. The van der Waals surface area contributed by atoms with Gasteiger partial charge >= 0.3 is 11.9 Å². The van der Waals surface area contributed by atoms with E-state index >= 15 is 0 Å². The molecule has 0 rings (SSSR count). The number of primary amides is 1. The monoisotopic (exact) mass is 520 g/mol. The van der Waals surface area contributed by atoms with E-state index in [1.807, 2.05) is 0 Å². The quantitative estimate of drug-likeness (QED) is 0.0377. The van der Waals surface area contributed by atoms with E-state index in [4.69, 9.17) is 33.1 Å². The molecule has 0 aromatic heterocycles. The normalized spacial score (nSPS) is 13.9. The first-order chi connectivity index (χ1) is 16.3. The standard InChI is InChI=1S/C18H32N8O8S/c19-8(3-4-13(28)29)14(30)24-9(2-1-5-23-18(21)22)15(31)26-11(7-35)16(32)25-10(17(33)34)6-12(20)27/h8-11,35H,1-7,19H2,(H2,20,27)(H,24,30)(H,25,32)(H,26,31)(H,28,29)(H,33,34)(H4,21,22,23). The van der Waals surface area contributed by atoms with Crippen LogP contribution >= 0.6 is 12.6 Å². The van der Waals surface area contributed by atoms with E-state index in [-0.39, 0.29) is 43.9 Å². The van der Waals surface area contributed by atoms with Gasteiger partial charge in [0.05, 0.1) is 12.5 Å². The zero-order valence-corrected chi connectivity index (χ0v) is 19.7. The molecule has 4 amide bonds. The van der Waals surface area contributed by atoms with Crippen LogP contribution in [0.3, 0.4) is 0 Å². The highest BCUT2D eigenvalue weighted by atomic mass is 32.1. The van der Waals surface area contributed by atoms with Gasteiger partial charge in [0, 0.05) is 18.7 Å². The van der Waals surface area contributed by atoms with Crippen molar-refractivity contribution in [2.24, 2.45) is 27.9 Å². The molecule has 0 fully saturated rings. The number of hydrogen-bond acceptors (Lipinski definition) is 9. The van der Waals surface area contributed by atoms with Gasteiger partial charge in [-0.15, -0.1) is 0 Å². The number of amides is 4. The van der Waals surface area contributed by atoms with Gasteiger partial charge in [-0.2, -0.15) is 12.6 Å². The maximum atomic E-state index is 12.8. The van der Waals surface area contributed by atoms with Crippen LogP contribution in [0.2, 0.25) is 0 Å². The van der Waals surface area contributed by atoms with Crippen LogP contribution in [0.4, 0.5) is 0 Å². The number of nitrogens with one attached hydrogen (secondary N) is 3. The molecule has 4 unspecified atom stereocenters. The fraction of sp³-hybridized carbons (Fsp3) is 0.611. The van der Waals surface area contributed by atoms with Crippen LogP contribution in [0.1, 0.15) is 32.1 Å². The van der Waals surface area contributed by atoms with E-state index in [1.165, 1.54) is 0 Å². The van der Waals surface area contributed by atoms with Crippen LogP contribution in [0, 0.1) is 0 Å². The number of carboxylic acids is 2. The number of nitrogens with two attached hydrogens (primary N) is 4. The van der Waals surface area contributed by atoms with Crippen molar-refractivity contribution in [2.75, 3.05) is 12.3 Å². The molecule has 0 heterocycles. The van der Waals surface area contributed by atoms with Crippen molar-refractivity contribution < 1.29 is 39.0 Å². The number of guanidine groups is 1. The minimum atomic E-state index is -1.62. The third kappa shape index (κ3) is 13.6. The Morgan fingerprint density at radius 1 is 0.829 bits per heavy atom. The van der Waals surface area contributed by atoms with Gasteiger partial charge in [0.25, 0.3) is 0 Å². The van der Waals surface area contributed by atoms with E-state index in [0.717, 1.165) is 0 Å². The lowest BCUT2D eigenvalue weighted by Gasteiger charge is -2.24. The third-order valence-electron chi connectivity index (χ3n) is 4.42. The number of aliphatic carboxylic acids is 2. The number of aliphatic imine (C=N–C) groups is 1. The van der Waals surface area contributed by atoms with Crippen molar-refractivity contribution >= 4 is 54.2 Å². The Bertz CT molecular complexity index is 820. The predicted octanol–water partition coefficient (Wildman–Crippen LogP) is -4.42. The summed E-state index contributed by atoms with van der Waals surface area (Å²) in [6.07, 6.45) is -0.972. The van der Waals surface area contributed by atoms with Crippen LogP contribution in [-0.2, 0) is 28.8 Å². The Kier molecular flexibility index (Phi) is 14.4. The lowest BCUT2D eigenvalue weighted by Crippen LogP contribution is -2.58. The Balaban J connectivity index is 5.38. The Labute approximate surface area is 206 Å². The molecular weight excluding hydrogens is 488 g/mol. The number of carbonyl (C=O) groups excluding carboxylic acids is 4. The smallest absolute Gasteiger partial charge is 0.326 e. The number of carboxylic acid groups (broad SMARTS) is 2. The molecule has 0 aliphatic rings. The fourth-order valence-electron chi connectivity index (χ4n) is 2.60. The fourth-order valence-corrected chi connectivity index (χ4v) is 2.86. The summed E-state index contributed by atoms with van der Waals surface area (Å²) in [6, 6.07) is -5.39. The van der Waals surface area contributed by atoms with Gasteiger partial charge in [-0.3, -0.25) is 29.0 Å².